The van der Waals surface area contributed by atoms with Crippen LogP contribution in [0.15, 0.2) is 0 Å². The molecule has 1 aliphatic rings. The van der Waals surface area contributed by atoms with Gasteiger partial charge in [0.2, 0.25) is 10.0 Å². The molecular weight excluding hydrogens is 232 g/mol. The molecule has 1 saturated carbocycles. The zero-order chi connectivity index (χ0) is 12.3. The fourth-order valence-corrected chi connectivity index (χ4v) is 2.71. The minimum Gasteiger partial charge on any atom is -0.468 e. The summed E-state index contributed by atoms with van der Waals surface area (Å²) in [5, 5.41) is -1.20. The topological polar surface area (TPSA) is 98.5 Å². The highest BCUT2D eigenvalue weighted by molar-refractivity contribution is 7.90. The van der Waals surface area contributed by atoms with Crippen LogP contribution in [-0.2, 0) is 19.6 Å². The summed E-state index contributed by atoms with van der Waals surface area (Å²) in [6, 6.07) is -0.267. The fourth-order valence-electron chi connectivity index (χ4n) is 1.44. The van der Waals surface area contributed by atoms with E-state index in [0.29, 0.717) is 5.92 Å². The quantitative estimate of drug-likeness (QED) is 0.602. The fraction of sp³-hybridized carbons (Fsp3) is 0.889. The Morgan fingerprint density at radius 3 is 2.50 bits per heavy atom. The van der Waals surface area contributed by atoms with E-state index in [0.717, 1.165) is 20.0 Å². The first-order chi connectivity index (χ1) is 7.42. The second-order valence-corrected chi connectivity index (χ2v) is 6.04. The van der Waals surface area contributed by atoms with Crippen LogP contribution < -0.4 is 10.5 Å². The molecule has 1 fully saturated rings. The molecule has 0 aromatic carbocycles. The van der Waals surface area contributed by atoms with Gasteiger partial charge in [0, 0.05) is 12.6 Å². The number of sulfonamides is 1. The number of carbonyl (C=O) groups is 1. The molecule has 1 aliphatic carbocycles. The number of hydrogen-bond donors (Lipinski definition) is 2. The van der Waals surface area contributed by atoms with Crippen LogP contribution in [0.5, 0.6) is 0 Å². The zero-order valence-electron chi connectivity index (χ0n) is 9.47. The number of methoxy groups -OCH3 is 1. The Bertz CT molecular complexity index is 351. The summed E-state index contributed by atoms with van der Waals surface area (Å²) in [5.41, 5.74) is 5.49. The molecule has 0 spiro atoms. The summed E-state index contributed by atoms with van der Waals surface area (Å²) < 4.78 is 30.4. The van der Waals surface area contributed by atoms with E-state index in [9.17, 15) is 13.2 Å². The highest BCUT2D eigenvalue weighted by Crippen LogP contribution is 2.32. The van der Waals surface area contributed by atoms with Crippen LogP contribution >= 0.6 is 0 Å². The van der Waals surface area contributed by atoms with Crippen molar-refractivity contribution in [2.45, 2.75) is 31.1 Å². The Kier molecular flexibility index (Phi) is 4.28. The Labute approximate surface area is 95.6 Å². The van der Waals surface area contributed by atoms with Crippen molar-refractivity contribution in [1.29, 1.82) is 0 Å². The molecule has 3 N–H and O–H groups in total. The minimum atomic E-state index is -3.69. The van der Waals surface area contributed by atoms with Gasteiger partial charge in [-0.3, -0.25) is 4.79 Å². The summed E-state index contributed by atoms with van der Waals surface area (Å²) in [5.74, 6) is -0.455. The molecule has 0 saturated heterocycles. The van der Waals surface area contributed by atoms with Gasteiger partial charge in [0.05, 0.1) is 7.11 Å². The molecule has 6 nitrogen and oxygen atoms in total. The zero-order valence-corrected chi connectivity index (χ0v) is 10.3. The van der Waals surface area contributed by atoms with E-state index in [1.54, 1.807) is 0 Å². The SMILES string of the molecule is COC(=O)C(C)S(=O)(=O)NC(CN)C1CC1. The Balaban J connectivity index is 2.65. The largest absolute Gasteiger partial charge is 0.468 e. The van der Waals surface area contributed by atoms with E-state index < -0.39 is 21.2 Å². The van der Waals surface area contributed by atoms with Gasteiger partial charge >= 0.3 is 5.97 Å². The minimum absolute atomic E-state index is 0.248. The molecule has 94 valence electrons. The number of ether oxygens (including phenoxy) is 1. The van der Waals surface area contributed by atoms with E-state index in [1.165, 1.54) is 6.92 Å². The van der Waals surface area contributed by atoms with Gasteiger partial charge < -0.3 is 10.5 Å². The lowest BCUT2D eigenvalue weighted by molar-refractivity contribution is -0.139. The molecule has 0 aromatic heterocycles. The summed E-state index contributed by atoms with van der Waals surface area (Å²) in [4.78, 5) is 11.1. The molecule has 7 heteroatoms. The van der Waals surface area contributed by atoms with Crippen LogP contribution in [0.2, 0.25) is 0 Å². The number of rotatable bonds is 6. The van der Waals surface area contributed by atoms with Crippen LogP contribution in [-0.4, -0.2) is 39.3 Å². The number of nitrogens with one attached hydrogen (secondary N) is 1. The first-order valence-electron chi connectivity index (χ1n) is 5.21. The molecule has 0 bridgehead atoms. The van der Waals surface area contributed by atoms with E-state index >= 15 is 0 Å². The highest BCUT2D eigenvalue weighted by atomic mass is 32.2. The molecule has 0 radical (unpaired) electrons. The maximum atomic E-state index is 11.8. The molecule has 0 amide bonds. The molecule has 2 unspecified atom stereocenters. The molecule has 2 atom stereocenters. The van der Waals surface area contributed by atoms with E-state index in [2.05, 4.69) is 9.46 Å². The van der Waals surface area contributed by atoms with Crippen molar-refractivity contribution < 1.29 is 17.9 Å². The number of hydrogen-bond acceptors (Lipinski definition) is 5. The van der Waals surface area contributed by atoms with E-state index in [1.807, 2.05) is 0 Å². The first-order valence-corrected chi connectivity index (χ1v) is 6.76. The average Bonchev–Trinajstić information content (AvgIpc) is 3.07. The van der Waals surface area contributed by atoms with Gasteiger partial charge in [-0.05, 0) is 25.7 Å². The summed E-state index contributed by atoms with van der Waals surface area (Å²) in [6.45, 7) is 1.55. The molecule has 1 rings (SSSR count). The Morgan fingerprint density at radius 2 is 2.12 bits per heavy atom. The van der Waals surface area contributed by atoms with E-state index in [-0.39, 0.29) is 12.6 Å². The number of esters is 1. The van der Waals surface area contributed by atoms with Crippen molar-refractivity contribution in [1.82, 2.24) is 4.72 Å². The van der Waals surface area contributed by atoms with Gasteiger partial charge in [0.1, 0.15) is 0 Å². The number of nitrogens with two attached hydrogens (primary N) is 1. The predicted molar refractivity (Wildman–Crippen MR) is 59.1 cm³/mol. The van der Waals surface area contributed by atoms with Gasteiger partial charge in [-0.15, -0.1) is 0 Å². The number of carbonyl (C=O) groups excluding carboxylic acids is 1. The van der Waals surface area contributed by atoms with E-state index in [4.69, 9.17) is 5.73 Å². The maximum absolute atomic E-state index is 11.8. The van der Waals surface area contributed by atoms with Gasteiger partial charge in [0.15, 0.2) is 5.25 Å². The molecular formula is C9H18N2O4S. The smallest absolute Gasteiger partial charge is 0.325 e. The highest BCUT2D eigenvalue weighted by Gasteiger charge is 2.36. The van der Waals surface area contributed by atoms with Crippen molar-refractivity contribution in [2.24, 2.45) is 11.7 Å². The Hall–Kier alpha value is -0.660. The standard InChI is InChI=1S/C9H18N2O4S/c1-6(9(12)15-2)16(13,14)11-8(5-10)7-3-4-7/h6-8,11H,3-5,10H2,1-2H3. The van der Waals surface area contributed by atoms with Crippen LogP contribution in [0.4, 0.5) is 0 Å². The van der Waals surface area contributed by atoms with Crippen LogP contribution in [0, 0.1) is 5.92 Å². The van der Waals surface area contributed by atoms with Gasteiger partial charge in [-0.25, -0.2) is 13.1 Å². The van der Waals surface area contributed by atoms with Crippen LogP contribution in [0.25, 0.3) is 0 Å². The second-order valence-electron chi connectivity index (χ2n) is 4.01. The maximum Gasteiger partial charge on any atom is 0.325 e. The van der Waals surface area contributed by atoms with Crippen molar-refractivity contribution in [3.05, 3.63) is 0 Å². The van der Waals surface area contributed by atoms with Crippen LogP contribution in [0.3, 0.4) is 0 Å². The predicted octanol–water partition coefficient (Wildman–Crippen LogP) is -0.795. The van der Waals surface area contributed by atoms with Crippen molar-refractivity contribution in [2.75, 3.05) is 13.7 Å². The monoisotopic (exact) mass is 250 g/mol. The first kappa shape index (κ1) is 13.4. The van der Waals surface area contributed by atoms with Gasteiger partial charge in [-0.1, -0.05) is 0 Å². The van der Waals surface area contributed by atoms with Gasteiger partial charge in [-0.2, -0.15) is 0 Å². The molecule has 0 aromatic rings. The lowest BCUT2D eigenvalue weighted by Gasteiger charge is -2.18. The normalized spacial score (nSPS) is 20.2. The van der Waals surface area contributed by atoms with Crippen molar-refractivity contribution in [3.8, 4) is 0 Å². The summed E-state index contributed by atoms with van der Waals surface area (Å²) in [7, 11) is -2.53. The molecule has 0 heterocycles. The third-order valence-corrected chi connectivity index (χ3v) is 4.51. The molecule has 0 aliphatic heterocycles. The second kappa shape index (κ2) is 5.11. The summed E-state index contributed by atoms with van der Waals surface area (Å²) in [6.07, 6.45) is 1.97. The lowest BCUT2D eigenvalue weighted by Crippen LogP contribution is -2.47. The summed E-state index contributed by atoms with van der Waals surface area (Å²) >= 11 is 0. The van der Waals surface area contributed by atoms with Crippen LogP contribution in [0.1, 0.15) is 19.8 Å². The third kappa shape index (κ3) is 3.16. The third-order valence-electron chi connectivity index (χ3n) is 2.76. The average molecular weight is 250 g/mol. The Morgan fingerprint density at radius 1 is 1.56 bits per heavy atom. The van der Waals surface area contributed by atoms with Crippen molar-refractivity contribution >= 4 is 16.0 Å². The van der Waals surface area contributed by atoms with Crippen molar-refractivity contribution in [3.63, 3.8) is 0 Å². The molecule has 16 heavy (non-hydrogen) atoms. The lowest BCUT2D eigenvalue weighted by atomic mass is 10.2. The van der Waals surface area contributed by atoms with Gasteiger partial charge in [0.25, 0.3) is 0 Å².